The highest BCUT2D eigenvalue weighted by atomic mass is 16.2. The molecule has 138 valence electrons. The fraction of sp³-hybridized carbons (Fsp3) is 0.333. The fourth-order valence-corrected chi connectivity index (χ4v) is 2.72. The van der Waals surface area contributed by atoms with Crippen molar-refractivity contribution in [2.24, 2.45) is 0 Å². The van der Waals surface area contributed by atoms with Gasteiger partial charge in [0.15, 0.2) is 0 Å². The van der Waals surface area contributed by atoms with Crippen LogP contribution in [-0.2, 0) is 9.59 Å². The smallest absolute Gasteiger partial charge is 0.234 e. The van der Waals surface area contributed by atoms with Crippen LogP contribution in [0.2, 0.25) is 0 Å². The Morgan fingerprint density at radius 1 is 0.885 bits per heavy atom. The number of nitrogens with one attached hydrogen (secondary N) is 2. The van der Waals surface area contributed by atoms with Gasteiger partial charge in [0.1, 0.15) is 0 Å². The minimum absolute atomic E-state index is 0.0650. The van der Waals surface area contributed by atoms with Gasteiger partial charge in [-0.1, -0.05) is 67.6 Å². The van der Waals surface area contributed by atoms with Crippen LogP contribution in [0.4, 0.5) is 0 Å². The van der Waals surface area contributed by atoms with E-state index in [0.29, 0.717) is 6.54 Å². The maximum absolute atomic E-state index is 12.5. The highest BCUT2D eigenvalue weighted by Crippen LogP contribution is 2.21. The predicted octanol–water partition coefficient (Wildman–Crippen LogP) is 2.35. The summed E-state index contributed by atoms with van der Waals surface area (Å²) in [6.07, 6.45) is 0.895. The van der Waals surface area contributed by atoms with Crippen molar-refractivity contribution >= 4 is 11.8 Å². The second-order valence-corrected chi connectivity index (χ2v) is 6.34. The molecule has 0 radical (unpaired) electrons. The minimum Gasteiger partial charge on any atom is -0.355 e. The first-order chi connectivity index (χ1) is 12.6. The Morgan fingerprint density at radius 2 is 1.38 bits per heavy atom. The van der Waals surface area contributed by atoms with E-state index in [-0.39, 0.29) is 30.9 Å². The Labute approximate surface area is 155 Å². The molecule has 0 aliphatic carbocycles. The average Bonchev–Trinajstić information content (AvgIpc) is 2.65. The van der Waals surface area contributed by atoms with Gasteiger partial charge >= 0.3 is 0 Å². The van der Waals surface area contributed by atoms with Crippen molar-refractivity contribution in [2.45, 2.75) is 19.4 Å². The summed E-state index contributed by atoms with van der Waals surface area (Å²) < 4.78 is 0. The van der Waals surface area contributed by atoms with Crippen LogP contribution >= 0.6 is 0 Å². The molecule has 0 saturated carbocycles. The number of benzene rings is 2. The number of carbonyl (C=O) groups is 2. The van der Waals surface area contributed by atoms with E-state index < -0.39 is 0 Å². The SMILES string of the molecule is CCCNC(=O)CN(C)CC(=O)NC(c1ccccc1)c1ccccc1. The molecule has 0 bridgehead atoms. The summed E-state index contributed by atoms with van der Waals surface area (Å²) in [6, 6.07) is 19.5. The Morgan fingerprint density at radius 3 is 1.88 bits per heavy atom. The van der Waals surface area contributed by atoms with E-state index in [9.17, 15) is 9.59 Å². The third-order valence-corrected chi connectivity index (χ3v) is 3.97. The number of rotatable bonds is 9. The lowest BCUT2D eigenvalue weighted by Gasteiger charge is -2.22. The van der Waals surface area contributed by atoms with Crippen molar-refractivity contribution in [2.75, 3.05) is 26.7 Å². The molecule has 0 aromatic heterocycles. The van der Waals surface area contributed by atoms with Crippen LogP contribution in [0, 0.1) is 0 Å². The summed E-state index contributed by atoms with van der Waals surface area (Å²) in [5.74, 6) is -0.182. The summed E-state index contributed by atoms with van der Waals surface area (Å²) in [5.41, 5.74) is 2.05. The minimum atomic E-state index is -0.216. The molecule has 2 N–H and O–H groups in total. The number of hydrogen-bond donors (Lipinski definition) is 2. The molecule has 2 aromatic carbocycles. The molecule has 5 heteroatoms. The van der Waals surface area contributed by atoms with Crippen molar-refractivity contribution in [1.29, 1.82) is 0 Å². The highest BCUT2D eigenvalue weighted by molar-refractivity contribution is 5.81. The molecule has 0 atom stereocenters. The van der Waals surface area contributed by atoms with Crippen LogP contribution in [-0.4, -0.2) is 43.4 Å². The van der Waals surface area contributed by atoms with E-state index in [1.165, 1.54) is 0 Å². The monoisotopic (exact) mass is 353 g/mol. The molecule has 0 heterocycles. The lowest BCUT2D eigenvalue weighted by Crippen LogP contribution is -2.42. The van der Waals surface area contributed by atoms with E-state index in [4.69, 9.17) is 0 Å². The number of likely N-dealkylation sites (N-methyl/N-ethyl adjacent to an activating group) is 1. The van der Waals surface area contributed by atoms with Gasteiger partial charge in [-0.05, 0) is 24.6 Å². The second kappa shape index (κ2) is 10.4. The highest BCUT2D eigenvalue weighted by Gasteiger charge is 2.18. The van der Waals surface area contributed by atoms with E-state index in [1.54, 1.807) is 11.9 Å². The van der Waals surface area contributed by atoms with E-state index >= 15 is 0 Å². The molecular formula is C21H27N3O2. The van der Waals surface area contributed by atoms with Crippen molar-refractivity contribution in [3.05, 3.63) is 71.8 Å². The van der Waals surface area contributed by atoms with Gasteiger partial charge < -0.3 is 10.6 Å². The summed E-state index contributed by atoms with van der Waals surface area (Å²) in [7, 11) is 1.77. The van der Waals surface area contributed by atoms with Crippen LogP contribution in [0.1, 0.15) is 30.5 Å². The van der Waals surface area contributed by atoms with Gasteiger partial charge in [0.05, 0.1) is 19.1 Å². The Hall–Kier alpha value is -2.66. The summed E-state index contributed by atoms with van der Waals surface area (Å²) in [6.45, 7) is 3.03. The molecule has 2 amide bonds. The van der Waals surface area contributed by atoms with Crippen LogP contribution in [0.15, 0.2) is 60.7 Å². The molecular weight excluding hydrogens is 326 g/mol. The normalized spacial score (nSPS) is 10.8. The maximum atomic E-state index is 12.5. The lowest BCUT2D eigenvalue weighted by molar-refractivity contribution is -0.124. The van der Waals surface area contributed by atoms with Crippen LogP contribution in [0.5, 0.6) is 0 Å². The molecule has 0 aliphatic rings. The number of amides is 2. The molecule has 0 spiro atoms. The lowest BCUT2D eigenvalue weighted by atomic mass is 9.99. The van der Waals surface area contributed by atoms with Crippen molar-refractivity contribution in [3.8, 4) is 0 Å². The third-order valence-electron chi connectivity index (χ3n) is 3.97. The largest absolute Gasteiger partial charge is 0.355 e. The predicted molar refractivity (Wildman–Crippen MR) is 104 cm³/mol. The van der Waals surface area contributed by atoms with Gasteiger partial charge in [0.2, 0.25) is 11.8 Å². The number of carbonyl (C=O) groups excluding carboxylic acids is 2. The standard InChI is InChI=1S/C21H27N3O2/c1-3-14-22-19(25)15-24(2)16-20(26)23-21(17-10-6-4-7-11-17)18-12-8-5-9-13-18/h4-13,21H,3,14-16H2,1-2H3,(H,22,25)(H,23,26). The van der Waals surface area contributed by atoms with Gasteiger partial charge in [-0.15, -0.1) is 0 Å². The van der Waals surface area contributed by atoms with E-state index in [0.717, 1.165) is 17.5 Å². The van der Waals surface area contributed by atoms with Crippen molar-refractivity contribution in [1.82, 2.24) is 15.5 Å². The molecule has 5 nitrogen and oxygen atoms in total. The van der Waals surface area contributed by atoms with Gasteiger partial charge in [0, 0.05) is 6.54 Å². The molecule has 0 unspecified atom stereocenters. The first-order valence-corrected chi connectivity index (χ1v) is 8.94. The Bertz CT molecular complexity index is 649. The molecule has 0 fully saturated rings. The quantitative estimate of drug-likeness (QED) is 0.727. The van der Waals surface area contributed by atoms with Gasteiger partial charge in [-0.2, -0.15) is 0 Å². The zero-order chi connectivity index (χ0) is 18.8. The number of hydrogen-bond acceptors (Lipinski definition) is 3. The topological polar surface area (TPSA) is 61.4 Å². The Kier molecular flexibility index (Phi) is 7.83. The molecule has 0 aliphatic heterocycles. The summed E-state index contributed by atoms with van der Waals surface area (Å²) in [5, 5.41) is 5.90. The first kappa shape index (κ1) is 19.7. The summed E-state index contributed by atoms with van der Waals surface area (Å²) >= 11 is 0. The zero-order valence-electron chi connectivity index (χ0n) is 15.4. The van der Waals surface area contributed by atoms with Gasteiger partial charge in [-0.3, -0.25) is 14.5 Å². The van der Waals surface area contributed by atoms with Crippen LogP contribution < -0.4 is 10.6 Å². The van der Waals surface area contributed by atoms with Gasteiger partial charge in [-0.25, -0.2) is 0 Å². The molecule has 0 saturated heterocycles. The fourth-order valence-electron chi connectivity index (χ4n) is 2.72. The Balaban J connectivity index is 2.00. The van der Waals surface area contributed by atoms with Crippen molar-refractivity contribution in [3.63, 3.8) is 0 Å². The van der Waals surface area contributed by atoms with Crippen LogP contribution in [0.3, 0.4) is 0 Å². The van der Waals surface area contributed by atoms with E-state index in [2.05, 4.69) is 10.6 Å². The third kappa shape index (κ3) is 6.33. The molecule has 2 rings (SSSR count). The van der Waals surface area contributed by atoms with Gasteiger partial charge in [0.25, 0.3) is 0 Å². The summed E-state index contributed by atoms with van der Waals surface area (Å²) in [4.78, 5) is 26.0. The maximum Gasteiger partial charge on any atom is 0.234 e. The van der Waals surface area contributed by atoms with Crippen LogP contribution in [0.25, 0.3) is 0 Å². The first-order valence-electron chi connectivity index (χ1n) is 8.94. The number of nitrogens with zero attached hydrogens (tertiary/aromatic N) is 1. The average molecular weight is 353 g/mol. The second-order valence-electron chi connectivity index (χ2n) is 6.34. The zero-order valence-corrected chi connectivity index (χ0v) is 15.4. The molecule has 26 heavy (non-hydrogen) atoms. The van der Waals surface area contributed by atoms with Crippen molar-refractivity contribution < 1.29 is 9.59 Å². The van der Waals surface area contributed by atoms with E-state index in [1.807, 2.05) is 67.6 Å². The molecule has 2 aromatic rings.